The van der Waals surface area contributed by atoms with E-state index in [4.69, 9.17) is 4.98 Å². The predicted molar refractivity (Wildman–Crippen MR) is 113 cm³/mol. The van der Waals surface area contributed by atoms with Gasteiger partial charge in [-0.2, -0.15) is 0 Å². The maximum Gasteiger partial charge on any atom is 0.133 e. The van der Waals surface area contributed by atoms with Gasteiger partial charge in [-0.3, -0.25) is 4.98 Å². The summed E-state index contributed by atoms with van der Waals surface area (Å²) in [5.41, 5.74) is 4.57. The molecule has 1 aliphatic carbocycles. The molecule has 1 aliphatic rings. The first-order chi connectivity index (χ1) is 13.3. The molecule has 3 rings (SSSR count). The van der Waals surface area contributed by atoms with E-state index in [0.717, 1.165) is 40.3 Å². The summed E-state index contributed by atoms with van der Waals surface area (Å²) in [4.78, 5) is 13.9. The van der Waals surface area contributed by atoms with Crippen molar-refractivity contribution in [1.82, 2.24) is 15.0 Å². The van der Waals surface area contributed by atoms with Gasteiger partial charge in [0.05, 0.1) is 0 Å². The van der Waals surface area contributed by atoms with Crippen LogP contribution in [-0.2, 0) is 11.8 Å². The molecule has 2 aromatic heterocycles. The van der Waals surface area contributed by atoms with Crippen LogP contribution in [0.25, 0.3) is 0 Å². The van der Waals surface area contributed by atoms with Crippen LogP contribution in [0, 0.1) is 12.3 Å². The molecule has 0 amide bonds. The van der Waals surface area contributed by atoms with Crippen molar-refractivity contribution >= 4 is 0 Å². The van der Waals surface area contributed by atoms with E-state index in [2.05, 4.69) is 58.4 Å². The van der Waals surface area contributed by atoms with Crippen molar-refractivity contribution < 1.29 is 10.2 Å². The summed E-state index contributed by atoms with van der Waals surface area (Å²) in [6.45, 7) is 16.5. The highest BCUT2D eigenvalue weighted by molar-refractivity contribution is 5.47. The Balaban J connectivity index is 2.12. The van der Waals surface area contributed by atoms with E-state index in [0.29, 0.717) is 12.0 Å². The summed E-state index contributed by atoms with van der Waals surface area (Å²) in [7, 11) is 0. The Morgan fingerprint density at radius 3 is 2.28 bits per heavy atom. The highest BCUT2D eigenvalue weighted by atomic mass is 16.3. The van der Waals surface area contributed by atoms with Crippen molar-refractivity contribution in [3.63, 3.8) is 0 Å². The van der Waals surface area contributed by atoms with Crippen molar-refractivity contribution in [1.29, 1.82) is 0 Å². The Hall–Kier alpha value is -1.85. The lowest BCUT2D eigenvalue weighted by Crippen LogP contribution is -2.34. The van der Waals surface area contributed by atoms with Crippen LogP contribution in [-0.4, -0.2) is 20.1 Å². The Kier molecular flexibility index (Phi) is 5.61. The molecule has 5 heteroatoms. The molecule has 5 nitrogen and oxygen atoms in total. The van der Waals surface area contributed by atoms with Gasteiger partial charge in [0.15, 0.2) is 0 Å². The number of nitrogens with zero attached hydrogens (tertiary/aromatic N) is 3. The minimum Gasteiger partial charge on any atom is -0.848 e. The highest BCUT2D eigenvalue weighted by Crippen LogP contribution is 2.43. The molecule has 2 atom stereocenters. The first kappa shape index (κ1) is 21.8. The molecule has 0 bridgehead atoms. The lowest BCUT2D eigenvalue weighted by molar-refractivity contribution is -0.434. The molecular formula is C24H34N3O2-. The largest absolute Gasteiger partial charge is 0.848 e. The second-order valence-electron chi connectivity index (χ2n) is 10.6. The first-order valence-corrected chi connectivity index (χ1v) is 10.5. The van der Waals surface area contributed by atoms with Crippen molar-refractivity contribution in [2.24, 2.45) is 5.41 Å². The van der Waals surface area contributed by atoms with Gasteiger partial charge in [0, 0.05) is 40.3 Å². The third-order valence-corrected chi connectivity index (χ3v) is 5.83. The summed E-state index contributed by atoms with van der Waals surface area (Å²) < 4.78 is 0. The van der Waals surface area contributed by atoms with E-state index in [-0.39, 0.29) is 16.7 Å². The third kappa shape index (κ3) is 4.22. The number of hydrogen-bond acceptors (Lipinski definition) is 5. The Labute approximate surface area is 174 Å². The van der Waals surface area contributed by atoms with Crippen LogP contribution in [0.1, 0.15) is 112 Å². The normalized spacial score (nSPS) is 19.9. The van der Waals surface area contributed by atoms with Crippen LogP contribution in [0.2, 0.25) is 0 Å². The Morgan fingerprint density at radius 2 is 1.76 bits per heavy atom. The van der Waals surface area contributed by atoms with Gasteiger partial charge in [0.1, 0.15) is 11.9 Å². The number of aliphatic hydroxyl groups excluding tert-OH is 1. The fourth-order valence-electron chi connectivity index (χ4n) is 4.33. The Morgan fingerprint density at radius 1 is 1.17 bits per heavy atom. The van der Waals surface area contributed by atoms with Crippen molar-refractivity contribution in [3.05, 3.63) is 51.9 Å². The van der Waals surface area contributed by atoms with Gasteiger partial charge >= 0.3 is 0 Å². The van der Waals surface area contributed by atoms with E-state index in [1.165, 1.54) is 0 Å². The van der Waals surface area contributed by atoms with E-state index in [1.54, 1.807) is 12.4 Å². The zero-order valence-electron chi connectivity index (χ0n) is 19.0. The third-order valence-electron chi connectivity index (χ3n) is 5.83. The van der Waals surface area contributed by atoms with Crippen LogP contribution < -0.4 is 5.11 Å². The van der Waals surface area contributed by atoms with E-state index in [1.807, 2.05) is 6.92 Å². The molecule has 0 fully saturated rings. The lowest BCUT2D eigenvalue weighted by atomic mass is 9.72. The average molecular weight is 397 g/mol. The average Bonchev–Trinajstić information content (AvgIpc) is 2.58. The van der Waals surface area contributed by atoms with E-state index < -0.39 is 12.2 Å². The van der Waals surface area contributed by atoms with Crippen LogP contribution in [0.4, 0.5) is 0 Å². The molecule has 158 valence electrons. The minimum atomic E-state index is -0.902. The van der Waals surface area contributed by atoms with E-state index in [9.17, 15) is 10.2 Å². The van der Waals surface area contributed by atoms with Gasteiger partial charge in [-0.1, -0.05) is 61.0 Å². The fraction of sp³-hybridized carbons (Fsp3) is 0.625. The van der Waals surface area contributed by atoms with E-state index >= 15 is 0 Å². The topological polar surface area (TPSA) is 82.0 Å². The first-order valence-electron chi connectivity index (χ1n) is 10.5. The summed E-state index contributed by atoms with van der Waals surface area (Å²) in [6.07, 6.45) is 3.05. The fourth-order valence-corrected chi connectivity index (χ4v) is 4.33. The van der Waals surface area contributed by atoms with Crippen LogP contribution in [0.3, 0.4) is 0 Å². The van der Waals surface area contributed by atoms with Crippen LogP contribution in [0.15, 0.2) is 12.4 Å². The number of fused-ring (bicyclic) bond motifs is 1. The minimum absolute atomic E-state index is 0.0517. The zero-order chi connectivity index (χ0) is 21.7. The molecule has 0 saturated carbocycles. The number of pyridine rings is 1. The molecule has 1 N–H and O–H groups in total. The number of aliphatic hydroxyl groups is 1. The summed E-state index contributed by atoms with van der Waals surface area (Å²) in [5, 5.41) is 24.3. The van der Waals surface area contributed by atoms with Gasteiger partial charge in [0.25, 0.3) is 0 Å². The summed E-state index contributed by atoms with van der Waals surface area (Å²) in [5.74, 6) is 0.869. The Bertz CT molecular complexity index is 896. The number of aromatic nitrogens is 3. The molecule has 0 saturated heterocycles. The highest BCUT2D eigenvalue weighted by Gasteiger charge is 2.33. The molecule has 29 heavy (non-hydrogen) atoms. The monoisotopic (exact) mass is 396 g/mol. The van der Waals surface area contributed by atoms with Crippen molar-refractivity contribution in [2.75, 3.05) is 0 Å². The smallest absolute Gasteiger partial charge is 0.133 e. The maximum absolute atomic E-state index is 13.0. The molecule has 0 aliphatic heterocycles. The number of hydrogen-bond donors (Lipinski definition) is 1. The number of rotatable bonds is 3. The van der Waals surface area contributed by atoms with Gasteiger partial charge < -0.3 is 10.2 Å². The van der Waals surface area contributed by atoms with Crippen molar-refractivity contribution in [2.45, 2.75) is 91.8 Å². The second kappa shape index (κ2) is 7.44. The SMILES string of the molecule is Cc1c([C@H](O)c2cnc(C(C)(C)C)nc2)c(C(C)C)nc2c1[C@@H]([O-])CC(C)(C)C2. The zero-order valence-corrected chi connectivity index (χ0v) is 19.0. The summed E-state index contributed by atoms with van der Waals surface area (Å²) in [6, 6.07) is 0. The van der Waals surface area contributed by atoms with Gasteiger partial charge in [-0.15, -0.1) is 0 Å². The van der Waals surface area contributed by atoms with Gasteiger partial charge in [0.2, 0.25) is 0 Å². The molecule has 0 aromatic carbocycles. The molecule has 2 heterocycles. The van der Waals surface area contributed by atoms with Gasteiger partial charge in [-0.25, -0.2) is 9.97 Å². The quantitative estimate of drug-likeness (QED) is 0.846. The molecular weight excluding hydrogens is 362 g/mol. The van der Waals surface area contributed by atoms with Gasteiger partial charge in [-0.05, 0) is 35.8 Å². The molecule has 0 unspecified atom stereocenters. The summed E-state index contributed by atoms with van der Waals surface area (Å²) >= 11 is 0. The molecule has 2 aromatic rings. The molecule has 0 spiro atoms. The molecule has 0 radical (unpaired) electrons. The van der Waals surface area contributed by atoms with Crippen LogP contribution in [0.5, 0.6) is 0 Å². The second-order valence-corrected chi connectivity index (χ2v) is 10.6. The lowest BCUT2D eigenvalue weighted by Gasteiger charge is -2.42. The predicted octanol–water partition coefficient (Wildman–Crippen LogP) is 4.06. The van der Waals surface area contributed by atoms with Crippen LogP contribution >= 0.6 is 0 Å². The standard InChI is InChI=1S/C24H34N3O2/c1-13(2)20-19(21(29)15-11-25-22(26-12-15)23(4,5)6)14(3)18-16(27-20)9-24(7,8)10-17(18)28/h11-13,17,21,29H,9-10H2,1-8H3/q-1/t17-,21+/m0/s1. The van der Waals surface area contributed by atoms with Crippen molar-refractivity contribution in [3.8, 4) is 0 Å². The maximum atomic E-state index is 13.0.